The molecule has 1 amide bonds. The standard InChI is InChI=1S/C16H19N3O2/c1-10-7-11-4-6-19(10)9-13(11)18-15(20)14-8-12-3-2-5-17-16(12)21-14/h2-3,5,8,10-11,13H,4,6-7,9H2,1H3,(H,18,20). The van der Waals surface area contributed by atoms with Crippen LogP contribution in [-0.2, 0) is 0 Å². The van der Waals surface area contributed by atoms with Crippen LogP contribution in [-0.4, -0.2) is 41.0 Å². The summed E-state index contributed by atoms with van der Waals surface area (Å²) in [5.74, 6) is 0.823. The number of hydrogen-bond donors (Lipinski definition) is 1. The van der Waals surface area contributed by atoms with E-state index >= 15 is 0 Å². The number of nitrogens with one attached hydrogen (secondary N) is 1. The molecule has 4 atom stereocenters. The van der Waals surface area contributed by atoms with Gasteiger partial charge in [-0.1, -0.05) is 0 Å². The summed E-state index contributed by atoms with van der Waals surface area (Å²) in [5.41, 5.74) is 0.519. The van der Waals surface area contributed by atoms with E-state index in [1.165, 1.54) is 12.8 Å². The normalized spacial score (nSPS) is 31.5. The highest BCUT2D eigenvalue weighted by atomic mass is 16.4. The number of pyridine rings is 1. The molecule has 0 radical (unpaired) electrons. The van der Waals surface area contributed by atoms with E-state index in [-0.39, 0.29) is 11.9 Å². The van der Waals surface area contributed by atoms with E-state index in [4.69, 9.17) is 4.42 Å². The molecule has 2 bridgehead atoms. The minimum atomic E-state index is -0.126. The quantitative estimate of drug-likeness (QED) is 0.917. The fourth-order valence-electron chi connectivity index (χ4n) is 3.68. The molecular weight excluding hydrogens is 266 g/mol. The summed E-state index contributed by atoms with van der Waals surface area (Å²) in [5, 5.41) is 4.01. The third kappa shape index (κ3) is 2.21. The molecule has 1 N–H and O–H groups in total. The first-order valence-electron chi connectivity index (χ1n) is 7.60. The number of furan rings is 1. The average molecular weight is 285 g/mol. The summed E-state index contributed by atoms with van der Waals surface area (Å²) >= 11 is 0. The Balaban J connectivity index is 1.51. The Morgan fingerprint density at radius 3 is 3.14 bits per heavy atom. The van der Waals surface area contributed by atoms with E-state index in [0.29, 0.717) is 23.4 Å². The number of hydrogen-bond acceptors (Lipinski definition) is 4. The Labute approximate surface area is 123 Å². The van der Waals surface area contributed by atoms with Crippen LogP contribution >= 0.6 is 0 Å². The number of amides is 1. The van der Waals surface area contributed by atoms with Gasteiger partial charge in [0.05, 0.1) is 0 Å². The fourth-order valence-corrected chi connectivity index (χ4v) is 3.68. The van der Waals surface area contributed by atoms with Gasteiger partial charge in [-0.05, 0) is 50.4 Å². The number of carbonyl (C=O) groups is 1. The lowest BCUT2D eigenvalue weighted by atomic mass is 9.80. The van der Waals surface area contributed by atoms with Gasteiger partial charge in [0.25, 0.3) is 5.91 Å². The van der Waals surface area contributed by atoms with Gasteiger partial charge in [0.1, 0.15) is 0 Å². The van der Waals surface area contributed by atoms with Crippen LogP contribution in [0.3, 0.4) is 0 Å². The maximum absolute atomic E-state index is 12.4. The largest absolute Gasteiger partial charge is 0.433 e. The first-order valence-corrected chi connectivity index (χ1v) is 7.60. The molecule has 3 aliphatic rings. The van der Waals surface area contributed by atoms with Crippen molar-refractivity contribution in [1.29, 1.82) is 0 Å². The van der Waals surface area contributed by atoms with Gasteiger partial charge in [-0.25, -0.2) is 4.98 Å². The predicted molar refractivity (Wildman–Crippen MR) is 79.0 cm³/mol. The van der Waals surface area contributed by atoms with Gasteiger partial charge in [-0.15, -0.1) is 0 Å². The number of carbonyl (C=O) groups excluding carboxylic acids is 1. The number of nitrogens with zero attached hydrogens (tertiary/aromatic N) is 2. The van der Waals surface area contributed by atoms with Crippen molar-refractivity contribution in [3.63, 3.8) is 0 Å². The highest BCUT2D eigenvalue weighted by Gasteiger charge is 2.39. The van der Waals surface area contributed by atoms with Crippen molar-refractivity contribution in [3.05, 3.63) is 30.2 Å². The fraction of sp³-hybridized carbons (Fsp3) is 0.500. The van der Waals surface area contributed by atoms with Crippen molar-refractivity contribution in [3.8, 4) is 0 Å². The summed E-state index contributed by atoms with van der Waals surface area (Å²) in [6.45, 7) is 4.39. The maximum atomic E-state index is 12.4. The SMILES string of the molecule is CC1CC2CCN1CC2NC(=O)c1cc2cccnc2o1. The molecule has 3 fully saturated rings. The lowest BCUT2D eigenvalue weighted by Crippen LogP contribution is -2.60. The molecule has 110 valence electrons. The van der Waals surface area contributed by atoms with Gasteiger partial charge in [0, 0.05) is 30.2 Å². The molecular formula is C16H19N3O2. The molecule has 0 saturated carbocycles. The highest BCUT2D eigenvalue weighted by molar-refractivity contribution is 5.95. The number of fused-ring (bicyclic) bond motifs is 4. The van der Waals surface area contributed by atoms with Crippen LogP contribution in [0.25, 0.3) is 11.1 Å². The third-order valence-electron chi connectivity index (χ3n) is 4.89. The summed E-state index contributed by atoms with van der Waals surface area (Å²) in [6.07, 6.45) is 4.02. The van der Waals surface area contributed by atoms with Gasteiger partial charge in [-0.3, -0.25) is 9.69 Å². The van der Waals surface area contributed by atoms with Gasteiger partial charge >= 0.3 is 0 Å². The predicted octanol–water partition coefficient (Wildman–Crippen LogP) is 2.04. The molecule has 5 heteroatoms. The van der Waals surface area contributed by atoms with Crippen LogP contribution in [0.2, 0.25) is 0 Å². The Morgan fingerprint density at radius 2 is 2.43 bits per heavy atom. The van der Waals surface area contributed by atoms with Crippen LogP contribution in [0.4, 0.5) is 0 Å². The zero-order chi connectivity index (χ0) is 14.4. The molecule has 0 spiro atoms. The number of piperidine rings is 3. The van der Waals surface area contributed by atoms with Crippen LogP contribution < -0.4 is 5.32 Å². The Kier molecular flexibility index (Phi) is 2.96. The van der Waals surface area contributed by atoms with Crippen molar-refractivity contribution in [1.82, 2.24) is 15.2 Å². The van der Waals surface area contributed by atoms with Crippen molar-refractivity contribution < 1.29 is 9.21 Å². The van der Waals surface area contributed by atoms with E-state index in [9.17, 15) is 4.79 Å². The summed E-state index contributed by atoms with van der Waals surface area (Å²) in [4.78, 5) is 19.0. The number of rotatable bonds is 2. The van der Waals surface area contributed by atoms with Gasteiger partial charge in [-0.2, -0.15) is 0 Å². The molecule has 5 heterocycles. The second-order valence-corrected chi connectivity index (χ2v) is 6.22. The van der Waals surface area contributed by atoms with Gasteiger partial charge < -0.3 is 9.73 Å². The topological polar surface area (TPSA) is 58.4 Å². The van der Waals surface area contributed by atoms with E-state index in [1.807, 2.05) is 12.1 Å². The molecule has 2 aromatic heterocycles. The second-order valence-electron chi connectivity index (χ2n) is 6.22. The molecule has 0 aromatic carbocycles. The third-order valence-corrected chi connectivity index (χ3v) is 4.89. The van der Waals surface area contributed by atoms with Crippen LogP contribution in [0.5, 0.6) is 0 Å². The van der Waals surface area contributed by atoms with E-state index in [0.717, 1.165) is 18.5 Å². The Morgan fingerprint density at radius 1 is 1.52 bits per heavy atom. The number of aromatic nitrogens is 1. The van der Waals surface area contributed by atoms with Gasteiger partial charge in [0.15, 0.2) is 5.76 Å². The van der Waals surface area contributed by atoms with Crippen LogP contribution in [0, 0.1) is 5.92 Å². The first-order chi connectivity index (χ1) is 10.2. The minimum Gasteiger partial charge on any atom is -0.433 e. The molecule has 21 heavy (non-hydrogen) atoms. The smallest absolute Gasteiger partial charge is 0.287 e. The summed E-state index contributed by atoms with van der Waals surface area (Å²) < 4.78 is 5.54. The molecule has 5 rings (SSSR count). The average Bonchev–Trinajstić information content (AvgIpc) is 2.92. The van der Waals surface area contributed by atoms with E-state index < -0.39 is 0 Å². The summed E-state index contributed by atoms with van der Waals surface area (Å²) in [7, 11) is 0. The van der Waals surface area contributed by atoms with Crippen molar-refractivity contribution in [2.24, 2.45) is 5.92 Å². The van der Waals surface area contributed by atoms with Crippen molar-refractivity contribution in [2.75, 3.05) is 13.1 Å². The lowest BCUT2D eigenvalue weighted by Gasteiger charge is -2.48. The molecule has 0 aliphatic carbocycles. The van der Waals surface area contributed by atoms with E-state index in [1.54, 1.807) is 12.3 Å². The van der Waals surface area contributed by atoms with Gasteiger partial charge in [0.2, 0.25) is 5.71 Å². The van der Waals surface area contributed by atoms with Crippen LogP contribution in [0.1, 0.15) is 30.3 Å². The maximum Gasteiger partial charge on any atom is 0.287 e. The van der Waals surface area contributed by atoms with Crippen molar-refractivity contribution in [2.45, 2.75) is 31.8 Å². The summed E-state index contributed by atoms with van der Waals surface area (Å²) in [6, 6.07) is 6.39. The van der Waals surface area contributed by atoms with E-state index in [2.05, 4.69) is 22.1 Å². The highest BCUT2D eigenvalue weighted by Crippen LogP contribution is 2.32. The molecule has 4 unspecified atom stereocenters. The Hall–Kier alpha value is -1.88. The first kappa shape index (κ1) is 12.8. The van der Waals surface area contributed by atoms with Crippen LogP contribution in [0.15, 0.2) is 28.8 Å². The second kappa shape index (κ2) is 4.84. The Bertz CT molecular complexity index is 648. The molecule has 3 aliphatic heterocycles. The molecule has 5 nitrogen and oxygen atoms in total. The minimum absolute atomic E-state index is 0.126. The monoisotopic (exact) mass is 285 g/mol. The molecule has 3 saturated heterocycles. The van der Waals surface area contributed by atoms with Crippen molar-refractivity contribution >= 4 is 17.0 Å². The lowest BCUT2D eigenvalue weighted by molar-refractivity contribution is 0.0269. The zero-order valence-electron chi connectivity index (χ0n) is 12.1. The zero-order valence-corrected chi connectivity index (χ0v) is 12.1. The molecule has 2 aromatic rings.